The van der Waals surface area contributed by atoms with Crippen molar-refractivity contribution in [3.05, 3.63) is 53.0 Å². The highest BCUT2D eigenvalue weighted by molar-refractivity contribution is 5.94. The van der Waals surface area contributed by atoms with Gasteiger partial charge in [0.1, 0.15) is 5.82 Å². The van der Waals surface area contributed by atoms with E-state index in [9.17, 15) is 9.18 Å². The van der Waals surface area contributed by atoms with Crippen molar-refractivity contribution in [2.45, 2.75) is 13.8 Å². The minimum atomic E-state index is -0.334. The van der Waals surface area contributed by atoms with E-state index in [4.69, 9.17) is 0 Å². The molecule has 1 aliphatic rings. The van der Waals surface area contributed by atoms with Crippen molar-refractivity contribution in [1.29, 1.82) is 0 Å². The summed E-state index contributed by atoms with van der Waals surface area (Å²) in [7, 11) is 0. The van der Waals surface area contributed by atoms with Crippen LogP contribution in [-0.4, -0.2) is 47.2 Å². The standard InChI is InChI=1S/C17H19FN4O/c1-12-11-16(20-19-13(12)2)21-7-9-22(10-8-21)17(23)14-3-5-15(18)6-4-14/h3-6,11H,7-10H2,1-2H3. The van der Waals surface area contributed by atoms with Crippen LogP contribution >= 0.6 is 0 Å². The number of carbonyl (C=O) groups excluding carboxylic acids is 1. The Kier molecular flexibility index (Phi) is 4.23. The van der Waals surface area contributed by atoms with Gasteiger partial charge in [-0.2, -0.15) is 5.10 Å². The molecule has 6 heteroatoms. The summed E-state index contributed by atoms with van der Waals surface area (Å²) in [5.74, 6) is 0.456. The second-order valence-corrected chi connectivity index (χ2v) is 5.76. The van der Waals surface area contributed by atoms with Crippen molar-refractivity contribution < 1.29 is 9.18 Å². The molecule has 0 N–H and O–H groups in total. The van der Waals surface area contributed by atoms with Gasteiger partial charge in [0.05, 0.1) is 5.69 Å². The molecule has 1 saturated heterocycles. The summed E-state index contributed by atoms with van der Waals surface area (Å²) in [6.45, 7) is 6.61. The molecule has 23 heavy (non-hydrogen) atoms. The Hall–Kier alpha value is -2.50. The minimum absolute atomic E-state index is 0.0594. The first-order valence-corrected chi connectivity index (χ1v) is 7.65. The summed E-state index contributed by atoms with van der Waals surface area (Å²) in [6, 6.07) is 7.71. The molecule has 1 fully saturated rings. The fraction of sp³-hybridized carbons (Fsp3) is 0.353. The van der Waals surface area contributed by atoms with Crippen LogP contribution in [0.4, 0.5) is 10.2 Å². The monoisotopic (exact) mass is 314 g/mol. The molecule has 0 spiro atoms. The Morgan fingerprint density at radius 3 is 2.30 bits per heavy atom. The van der Waals surface area contributed by atoms with E-state index in [0.29, 0.717) is 31.7 Å². The Balaban J connectivity index is 1.64. The van der Waals surface area contributed by atoms with E-state index < -0.39 is 0 Å². The van der Waals surface area contributed by atoms with Crippen molar-refractivity contribution in [3.63, 3.8) is 0 Å². The van der Waals surface area contributed by atoms with E-state index in [1.165, 1.54) is 24.3 Å². The van der Waals surface area contributed by atoms with Gasteiger partial charge >= 0.3 is 0 Å². The first-order chi connectivity index (χ1) is 11.0. The van der Waals surface area contributed by atoms with Crippen molar-refractivity contribution in [1.82, 2.24) is 15.1 Å². The Morgan fingerprint density at radius 1 is 1.04 bits per heavy atom. The number of hydrogen-bond donors (Lipinski definition) is 0. The fourth-order valence-corrected chi connectivity index (χ4v) is 2.60. The highest BCUT2D eigenvalue weighted by Crippen LogP contribution is 2.17. The van der Waals surface area contributed by atoms with Gasteiger partial charge in [0, 0.05) is 31.7 Å². The highest BCUT2D eigenvalue weighted by Gasteiger charge is 2.23. The third-order valence-corrected chi connectivity index (χ3v) is 4.20. The third-order valence-electron chi connectivity index (χ3n) is 4.20. The molecule has 1 aromatic carbocycles. The van der Waals surface area contributed by atoms with Crippen LogP contribution in [0.25, 0.3) is 0 Å². The number of benzene rings is 1. The lowest BCUT2D eigenvalue weighted by atomic mass is 10.1. The molecule has 0 bridgehead atoms. The SMILES string of the molecule is Cc1cc(N2CCN(C(=O)c3ccc(F)cc3)CC2)nnc1C. The van der Waals surface area contributed by atoms with Crippen LogP contribution in [0.3, 0.4) is 0 Å². The average molecular weight is 314 g/mol. The third kappa shape index (κ3) is 3.31. The molecular formula is C17H19FN4O. The number of anilines is 1. The van der Waals surface area contributed by atoms with Gasteiger partial charge in [0.25, 0.3) is 5.91 Å². The quantitative estimate of drug-likeness (QED) is 0.852. The van der Waals surface area contributed by atoms with Crippen LogP contribution < -0.4 is 4.90 Å². The van der Waals surface area contributed by atoms with Gasteiger partial charge in [-0.05, 0) is 49.7 Å². The number of amides is 1. The van der Waals surface area contributed by atoms with E-state index in [1.807, 2.05) is 19.9 Å². The van der Waals surface area contributed by atoms with Gasteiger partial charge in [-0.15, -0.1) is 5.10 Å². The van der Waals surface area contributed by atoms with Gasteiger partial charge < -0.3 is 9.80 Å². The summed E-state index contributed by atoms with van der Waals surface area (Å²) in [5, 5.41) is 8.39. The van der Waals surface area contributed by atoms with Crippen molar-refractivity contribution in [2.24, 2.45) is 0 Å². The molecule has 5 nitrogen and oxygen atoms in total. The predicted octanol–water partition coefficient (Wildman–Crippen LogP) is 2.19. The number of piperazine rings is 1. The average Bonchev–Trinajstić information content (AvgIpc) is 2.57. The maximum Gasteiger partial charge on any atom is 0.253 e. The molecule has 2 heterocycles. The normalized spacial score (nSPS) is 14.9. The van der Waals surface area contributed by atoms with Crippen molar-refractivity contribution in [2.75, 3.05) is 31.1 Å². The van der Waals surface area contributed by atoms with Gasteiger partial charge in [-0.25, -0.2) is 4.39 Å². The molecule has 0 atom stereocenters. The molecular weight excluding hydrogens is 295 g/mol. The summed E-state index contributed by atoms with van der Waals surface area (Å²) in [6.07, 6.45) is 0. The van der Waals surface area contributed by atoms with Crippen LogP contribution in [0, 0.1) is 19.7 Å². The molecule has 120 valence electrons. The van der Waals surface area contributed by atoms with E-state index >= 15 is 0 Å². The van der Waals surface area contributed by atoms with Gasteiger partial charge in [-0.3, -0.25) is 4.79 Å². The lowest BCUT2D eigenvalue weighted by molar-refractivity contribution is 0.0746. The van der Waals surface area contributed by atoms with E-state index in [2.05, 4.69) is 15.1 Å². The van der Waals surface area contributed by atoms with Gasteiger partial charge in [0.2, 0.25) is 0 Å². The number of halogens is 1. The lowest BCUT2D eigenvalue weighted by Crippen LogP contribution is -2.49. The molecule has 0 unspecified atom stereocenters. The summed E-state index contributed by atoms with van der Waals surface area (Å²) in [5.41, 5.74) is 2.56. The molecule has 1 amide bonds. The second kappa shape index (κ2) is 6.32. The second-order valence-electron chi connectivity index (χ2n) is 5.76. The first-order valence-electron chi connectivity index (χ1n) is 7.65. The Labute approximate surface area is 134 Å². The Bertz CT molecular complexity index is 709. The molecule has 3 rings (SSSR count). The largest absolute Gasteiger partial charge is 0.352 e. The van der Waals surface area contributed by atoms with Crippen LogP contribution in [-0.2, 0) is 0 Å². The van der Waals surface area contributed by atoms with Crippen LogP contribution in [0.5, 0.6) is 0 Å². The number of carbonyl (C=O) groups is 1. The molecule has 2 aromatic rings. The van der Waals surface area contributed by atoms with Crippen LogP contribution in [0.15, 0.2) is 30.3 Å². The zero-order valence-corrected chi connectivity index (χ0v) is 13.3. The maximum absolute atomic E-state index is 12.9. The predicted molar refractivity (Wildman–Crippen MR) is 86.0 cm³/mol. The number of nitrogens with zero attached hydrogens (tertiary/aromatic N) is 4. The molecule has 1 aromatic heterocycles. The van der Waals surface area contributed by atoms with E-state index in [-0.39, 0.29) is 11.7 Å². The molecule has 0 saturated carbocycles. The fourth-order valence-electron chi connectivity index (χ4n) is 2.60. The van der Waals surface area contributed by atoms with Crippen molar-refractivity contribution >= 4 is 11.7 Å². The van der Waals surface area contributed by atoms with Crippen LogP contribution in [0.2, 0.25) is 0 Å². The minimum Gasteiger partial charge on any atom is -0.352 e. The zero-order chi connectivity index (χ0) is 16.4. The van der Waals surface area contributed by atoms with E-state index in [0.717, 1.165) is 17.1 Å². The summed E-state index contributed by atoms with van der Waals surface area (Å²) >= 11 is 0. The topological polar surface area (TPSA) is 49.3 Å². The van der Waals surface area contributed by atoms with Gasteiger partial charge in [-0.1, -0.05) is 0 Å². The highest BCUT2D eigenvalue weighted by atomic mass is 19.1. The van der Waals surface area contributed by atoms with Crippen molar-refractivity contribution in [3.8, 4) is 0 Å². The number of hydrogen-bond acceptors (Lipinski definition) is 4. The molecule has 0 aliphatic carbocycles. The number of aromatic nitrogens is 2. The Morgan fingerprint density at radius 2 is 1.70 bits per heavy atom. The summed E-state index contributed by atoms with van der Waals surface area (Å²) < 4.78 is 12.9. The zero-order valence-electron chi connectivity index (χ0n) is 13.3. The van der Waals surface area contributed by atoms with E-state index in [1.54, 1.807) is 4.90 Å². The smallest absolute Gasteiger partial charge is 0.253 e. The molecule has 1 aliphatic heterocycles. The summed E-state index contributed by atoms with van der Waals surface area (Å²) in [4.78, 5) is 16.3. The number of aryl methyl sites for hydroxylation is 2. The number of rotatable bonds is 2. The van der Waals surface area contributed by atoms with Crippen LogP contribution in [0.1, 0.15) is 21.6 Å². The van der Waals surface area contributed by atoms with Gasteiger partial charge in [0.15, 0.2) is 5.82 Å². The molecule has 0 radical (unpaired) electrons. The maximum atomic E-state index is 12.9. The lowest BCUT2D eigenvalue weighted by Gasteiger charge is -2.35. The first kappa shape index (κ1) is 15.4.